The number of aryl methyl sites for hydroxylation is 1. The number of thiazole rings is 1. The second-order valence-corrected chi connectivity index (χ2v) is 13.8. The molecule has 1 saturated heterocycles. The molecular weight excluding hydrogens is 591 g/mol. The molecule has 12 heteroatoms. The van der Waals surface area contributed by atoms with Gasteiger partial charge in [0.05, 0.1) is 28.3 Å². The molecule has 5 rings (SSSR count). The average Bonchev–Trinajstić information content (AvgIpc) is 3.38. The Morgan fingerprint density at radius 2 is 1.80 bits per heavy atom. The SMILES string of the molecule is Cc1cc(Cl)cc2sc(N(CCN3CCOCC3)C(=O)c3ccc(S(=O)(=O)N(C)C4CCCCC4)cc3)nc12.Cl. The number of rotatable bonds is 8. The van der Waals surface area contributed by atoms with Gasteiger partial charge >= 0.3 is 0 Å². The number of ether oxygens (including phenoxy) is 1. The highest BCUT2D eigenvalue weighted by Gasteiger charge is 2.30. The summed E-state index contributed by atoms with van der Waals surface area (Å²) in [5, 5.41) is 1.23. The molecule has 1 aliphatic heterocycles. The molecule has 0 radical (unpaired) electrons. The fraction of sp³-hybridized carbons (Fsp3) is 0.500. The highest BCUT2D eigenvalue weighted by molar-refractivity contribution is 7.89. The zero-order valence-electron chi connectivity index (χ0n) is 22.8. The summed E-state index contributed by atoms with van der Waals surface area (Å²) in [6.45, 7) is 6.09. The fourth-order valence-corrected chi connectivity index (χ4v) is 8.20. The van der Waals surface area contributed by atoms with E-state index in [-0.39, 0.29) is 29.3 Å². The number of halogens is 2. The van der Waals surface area contributed by atoms with Crippen molar-refractivity contribution in [1.82, 2.24) is 14.2 Å². The molecule has 8 nitrogen and oxygen atoms in total. The summed E-state index contributed by atoms with van der Waals surface area (Å²) in [6, 6.07) is 10.1. The van der Waals surface area contributed by atoms with Gasteiger partial charge in [0.1, 0.15) is 0 Å². The topological polar surface area (TPSA) is 83.0 Å². The standard InChI is InChI=1S/C28H35ClN4O4S2.ClH/c1-20-18-22(29)19-25-26(20)30-28(38-25)33(13-12-32-14-16-37-17-15-32)27(34)21-8-10-24(11-9-21)39(35,36)31(2)23-6-4-3-5-7-23;/h8-11,18-19,23H,3-7,12-17H2,1-2H3;1H. The Morgan fingerprint density at radius 3 is 2.48 bits per heavy atom. The Morgan fingerprint density at radius 1 is 1.12 bits per heavy atom. The molecule has 1 aliphatic carbocycles. The molecule has 2 aromatic carbocycles. The van der Waals surface area contributed by atoms with Gasteiger partial charge in [-0.2, -0.15) is 4.31 Å². The summed E-state index contributed by atoms with van der Waals surface area (Å²) in [5.41, 5.74) is 2.21. The van der Waals surface area contributed by atoms with Crippen LogP contribution in [0.1, 0.15) is 48.0 Å². The Bertz CT molecular complexity index is 1420. The predicted octanol–water partition coefficient (Wildman–Crippen LogP) is 5.61. The van der Waals surface area contributed by atoms with Gasteiger partial charge in [-0.15, -0.1) is 12.4 Å². The van der Waals surface area contributed by atoms with E-state index in [4.69, 9.17) is 21.3 Å². The first kappa shape index (κ1) is 31.2. The summed E-state index contributed by atoms with van der Waals surface area (Å²) in [7, 11) is -1.97. The lowest BCUT2D eigenvalue weighted by molar-refractivity contribution is 0.0391. The highest BCUT2D eigenvalue weighted by Crippen LogP contribution is 2.34. The van der Waals surface area contributed by atoms with Crippen molar-refractivity contribution in [2.75, 3.05) is 51.3 Å². The summed E-state index contributed by atoms with van der Waals surface area (Å²) < 4.78 is 34.5. The van der Waals surface area contributed by atoms with E-state index in [9.17, 15) is 13.2 Å². The molecule has 0 atom stereocenters. The largest absolute Gasteiger partial charge is 0.379 e. The molecule has 40 heavy (non-hydrogen) atoms. The van der Waals surface area contributed by atoms with Gasteiger partial charge in [-0.05, 0) is 61.7 Å². The van der Waals surface area contributed by atoms with Gasteiger partial charge < -0.3 is 4.74 Å². The van der Waals surface area contributed by atoms with E-state index < -0.39 is 10.0 Å². The second kappa shape index (κ2) is 13.5. The van der Waals surface area contributed by atoms with Crippen molar-refractivity contribution in [2.24, 2.45) is 0 Å². The molecule has 3 aromatic rings. The first-order chi connectivity index (χ1) is 18.7. The lowest BCUT2D eigenvalue weighted by atomic mass is 9.96. The summed E-state index contributed by atoms with van der Waals surface area (Å²) in [6.07, 6.45) is 5.03. The number of fused-ring (bicyclic) bond motifs is 1. The summed E-state index contributed by atoms with van der Waals surface area (Å²) in [4.78, 5) is 22.8. The second-order valence-electron chi connectivity index (χ2n) is 10.3. The number of hydrogen-bond donors (Lipinski definition) is 0. The fourth-order valence-electron chi connectivity index (χ4n) is 5.34. The van der Waals surface area contributed by atoms with E-state index in [0.29, 0.717) is 42.0 Å². The maximum atomic E-state index is 13.9. The Balaban J connectivity index is 0.00000370. The van der Waals surface area contributed by atoms with Crippen molar-refractivity contribution in [2.45, 2.75) is 50.0 Å². The molecule has 0 spiro atoms. The van der Waals surface area contributed by atoms with Gasteiger partial charge in [-0.3, -0.25) is 14.6 Å². The van der Waals surface area contributed by atoms with Crippen molar-refractivity contribution in [1.29, 1.82) is 0 Å². The molecule has 0 N–H and O–H groups in total. The normalized spacial score (nSPS) is 17.2. The van der Waals surface area contributed by atoms with E-state index in [0.717, 1.165) is 61.0 Å². The van der Waals surface area contributed by atoms with Crippen LogP contribution in [0, 0.1) is 6.92 Å². The van der Waals surface area contributed by atoms with E-state index in [1.54, 1.807) is 36.2 Å². The molecular formula is C28H36Cl2N4O4S2. The predicted molar refractivity (Wildman–Crippen MR) is 164 cm³/mol. The first-order valence-electron chi connectivity index (χ1n) is 13.5. The number of aromatic nitrogens is 1. The number of amides is 1. The molecule has 0 unspecified atom stereocenters. The lowest BCUT2D eigenvalue weighted by Gasteiger charge is -2.30. The van der Waals surface area contributed by atoms with Gasteiger partial charge in [0.25, 0.3) is 5.91 Å². The maximum absolute atomic E-state index is 13.9. The van der Waals surface area contributed by atoms with E-state index in [1.165, 1.54) is 15.6 Å². The van der Waals surface area contributed by atoms with Crippen LogP contribution in [0.15, 0.2) is 41.3 Å². The van der Waals surface area contributed by atoms with Gasteiger partial charge in [-0.1, -0.05) is 42.2 Å². The quantitative estimate of drug-likeness (QED) is 0.323. The van der Waals surface area contributed by atoms with Crippen molar-refractivity contribution in [3.05, 3.63) is 52.5 Å². The smallest absolute Gasteiger partial charge is 0.260 e. The average molecular weight is 628 g/mol. The van der Waals surface area contributed by atoms with Crippen LogP contribution in [0.4, 0.5) is 5.13 Å². The third-order valence-corrected chi connectivity index (χ3v) is 10.9. The zero-order valence-corrected chi connectivity index (χ0v) is 26.0. The van der Waals surface area contributed by atoms with Crippen LogP contribution in [0.5, 0.6) is 0 Å². The van der Waals surface area contributed by atoms with Crippen LogP contribution in [-0.4, -0.2) is 81.0 Å². The monoisotopic (exact) mass is 626 g/mol. The van der Waals surface area contributed by atoms with E-state index >= 15 is 0 Å². The molecule has 2 heterocycles. The van der Waals surface area contributed by atoms with Crippen LogP contribution >= 0.6 is 35.3 Å². The minimum Gasteiger partial charge on any atom is -0.379 e. The Hall–Kier alpha value is -1.79. The Kier molecular flexibility index (Phi) is 10.5. The van der Waals surface area contributed by atoms with Crippen LogP contribution in [-0.2, 0) is 14.8 Å². The summed E-state index contributed by atoms with van der Waals surface area (Å²) in [5.74, 6) is -0.212. The number of carbonyl (C=O) groups excluding carboxylic acids is 1. The van der Waals surface area contributed by atoms with Gasteiger partial charge in [0.15, 0.2) is 5.13 Å². The first-order valence-corrected chi connectivity index (χ1v) is 16.1. The van der Waals surface area contributed by atoms with Gasteiger partial charge in [-0.25, -0.2) is 13.4 Å². The number of benzene rings is 2. The maximum Gasteiger partial charge on any atom is 0.260 e. The van der Waals surface area contributed by atoms with Crippen LogP contribution in [0.3, 0.4) is 0 Å². The van der Waals surface area contributed by atoms with E-state index in [2.05, 4.69) is 4.90 Å². The molecule has 1 aromatic heterocycles. The number of carbonyl (C=O) groups is 1. The number of sulfonamides is 1. The van der Waals surface area contributed by atoms with Crippen LogP contribution < -0.4 is 4.90 Å². The number of morpholine rings is 1. The van der Waals surface area contributed by atoms with Crippen molar-refractivity contribution < 1.29 is 17.9 Å². The summed E-state index contributed by atoms with van der Waals surface area (Å²) >= 11 is 7.72. The molecule has 0 bridgehead atoms. The minimum absolute atomic E-state index is 0. The number of anilines is 1. The third kappa shape index (κ3) is 6.81. The van der Waals surface area contributed by atoms with Crippen LogP contribution in [0.25, 0.3) is 10.2 Å². The molecule has 1 amide bonds. The molecule has 1 saturated carbocycles. The molecule has 218 valence electrons. The molecule has 2 aliphatic rings. The zero-order chi connectivity index (χ0) is 27.6. The lowest BCUT2D eigenvalue weighted by Crippen LogP contribution is -2.43. The van der Waals surface area contributed by atoms with Crippen molar-refractivity contribution >= 4 is 66.6 Å². The highest BCUT2D eigenvalue weighted by atomic mass is 35.5. The third-order valence-electron chi connectivity index (χ3n) is 7.73. The van der Waals surface area contributed by atoms with Crippen molar-refractivity contribution in [3.8, 4) is 0 Å². The van der Waals surface area contributed by atoms with Gasteiger partial charge in [0.2, 0.25) is 10.0 Å². The van der Waals surface area contributed by atoms with Gasteiger partial charge in [0, 0.05) is 49.9 Å². The number of nitrogens with zero attached hydrogens (tertiary/aromatic N) is 4. The van der Waals surface area contributed by atoms with Crippen molar-refractivity contribution in [3.63, 3.8) is 0 Å². The Labute approximate surface area is 251 Å². The van der Waals surface area contributed by atoms with Crippen LogP contribution in [0.2, 0.25) is 5.02 Å². The minimum atomic E-state index is -3.64. The molecule has 2 fully saturated rings. The number of hydrogen-bond acceptors (Lipinski definition) is 7. The van der Waals surface area contributed by atoms with E-state index in [1.807, 2.05) is 19.1 Å².